The Morgan fingerprint density at radius 1 is 1.46 bits per heavy atom. The molecule has 0 aliphatic carbocycles. The average Bonchev–Trinajstić information content (AvgIpc) is 2.49. The molecular formula is C9H12ClN3. The molecule has 0 bridgehead atoms. The lowest BCUT2D eigenvalue weighted by Crippen LogP contribution is -2.04. The number of rotatable bonds is 1. The van der Waals surface area contributed by atoms with Crippen molar-refractivity contribution in [3.8, 4) is 0 Å². The summed E-state index contributed by atoms with van der Waals surface area (Å²) >= 11 is 0. The van der Waals surface area contributed by atoms with Gasteiger partial charge < -0.3 is 5.73 Å². The highest BCUT2D eigenvalue weighted by atomic mass is 35.5. The van der Waals surface area contributed by atoms with Crippen molar-refractivity contribution in [3.05, 3.63) is 30.0 Å². The predicted molar refractivity (Wildman–Crippen MR) is 55.9 cm³/mol. The molecule has 0 amide bonds. The van der Waals surface area contributed by atoms with Crippen molar-refractivity contribution in [3.63, 3.8) is 0 Å². The molecule has 1 aromatic heterocycles. The van der Waals surface area contributed by atoms with Crippen LogP contribution in [0.25, 0.3) is 10.9 Å². The summed E-state index contributed by atoms with van der Waals surface area (Å²) in [6.07, 6.45) is 1.81. The summed E-state index contributed by atoms with van der Waals surface area (Å²) in [6, 6.07) is 6.17. The van der Waals surface area contributed by atoms with E-state index >= 15 is 0 Å². The van der Waals surface area contributed by atoms with Crippen molar-refractivity contribution >= 4 is 23.3 Å². The van der Waals surface area contributed by atoms with Crippen molar-refractivity contribution in [1.29, 1.82) is 0 Å². The Morgan fingerprint density at radius 3 is 2.92 bits per heavy atom. The van der Waals surface area contributed by atoms with Gasteiger partial charge in [-0.3, -0.25) is 5.10 Å². The normalized spacial score (nSPS) is 12.5. The zero-order valence-corrected chi connectivity index (χ0v) is 8.14. The van der Waals surface area contributed by atoms with Crippen molar-refractivity contribution in [2.75, 3.05) is 0 Å². The van der Waals surface area contributed by atoms with E-state index in [9.17, 15) is 0 Å². The zero-order chi connectivity index (χ0) is 8.55. The Morgan fingerprint density at radius 2 is 2.23 bits per heavy atom. The molecule has 0 saturated heterocycles. The summed E-state index contributed by atoms with van der Waals surface area (Å²) in [5, 5.41) is 7.95. The Labute approximate surface area is 82.7 Å². The maximum absolute atomic E-state index is 5.74. The number of nitrogens with zero attached hydrogens (tertiary/aromatic N) is 1. The Balaban J connectivity index is 0.000000845. The largest absolute Gasteiger partial charge is 0.324 e. The monoisotopic (exact) mass is 197 g/mol. The third kappa shape index (κ3) is 1.82. The van der Waals surface area contributed by atoms with Gasteiger partial charge in [0.25, 0.3) is 0 Å². The number of halogens is 1. The molecule has 4 heteroatoms. The number of benzene rings is 1. The first kappa shape index (κ1) is 10.0. The Hall–Kier alpha value is -1.06. The molecule has 3 N–H and O–H groups in total. The molecule has 70 valence electrons. The summed E-state index contributed by atoms with van der Waals surface area (Å²) in [7, 11) is 0. The van der Waals surface area contributed by atoms with E-state index in [1.165, 1.54) is 0 Å². The van der Waals surface area contributed by atoms with Gasteiger partial charge in [-0.15, -0.1) is 12.4 Å². The standard InChI is InChI=1S/C9H11N3.ClH/c1-6(10)7-2-3-9-8(4-7)5-11-12-9;/h2-6H,10H2,1H3,(H,11,12);1H/t6-;/m1./s1. The lowest BCUT2D eigenvalue weighted by molar-refractivity contribution is 0.820. The fourth-order valence-corrected chi connectivity index (χ4v) is 1.24. The minimum Gasteiger partial charge on any atom is -0.324 e. The van der Waals surface area contributed by atoms with Gasteiger partial charge in [-0.2, -0.15) is 5.10 Å². The molecule has 3 nitrogen and oxygen atoms in total. The van der Waals surface area contributed by atoms with E-state index in [1.807, 2.05) is 19.1 Å². The summed E-state index contributed by atoms with van der Waals surface area (Å²) in [6.45, 7) is 1.97. The smallest absolute Gasteiger partial charge is 0.0650 e. The highest BCUT2D eigenvalue weighted by Crippen LogP contribution is 2.16. The highest BCUT2D eigenvalue weighted by molar-refractivity contribution is 5.85. The Kier molecular flexibility index (Phi) is 2.90. The summed E-state index contributed by atoms with van der Waals surface area (Å²) in [5.41, 5.74) is 7.94. The van der Waals surface area contributed by atoms with Crippen LogP contribution in [0.15, 0.2) is 24.4 Å². The first-order valence-corrected chi connectivity index (χ1v) is 3.96. The van der Waals surface area contributed by atoms with Gasteiger partial charge in [0.2, 0.25) is 0 Å². The molecule has 0 spiro atoms. The second-order valence-corrected chi connectivity index (χ2v) is 3.01. The first-order chi connectivity index (χ1) is 5.77. The number of fused-ring (bicyclic) bond motifs is 1. The number of nitrogens with two attached hydrogens (primary N) is 1. The van der Waals surface area contributed by atoms with Gasteiger partial charge in [0, 0.05) is 11.4 Å². The number of H-pyrrole nitrogens is 1. The second kappa shape index (κ2) is 3.77. The molecule has 0 radical (unpaired) electrons. The van der Waals surface area contributed by atoms with E-state index in [0.29, 0.717) is 0 Å². The number of aromatic amines is 1. The molecular weight excluding hydrogens is 186 g/mol. The van der Waals surface area contributed by atoms with Crippen LogP contribution in [0.2, 0.25) is 0 Å². The summed E-state index contributed by atoms with van der Waals surface area (Å²) < 4.78 is 0. The maximum Gasteiger partial charge on any atom is 0.0650 e. The van der Waals surface area contributed by atoms with Gasteiger partial charge in [0.05, 0.1) is 11.7 Å². The minimum atomic E-state index is 0. The molecule has 0 aliphatic heterocycles. The van der Waals surface area contributed by atoms with Crippen LogP contribution in [0, 0.1) is 0 Å². The van der Waals surface area contributed by atoms with E-state index in [1.54, 1.807) is 6.20 Å². The lowest BCUT2D eigenvalue weighted by Gasteiger charge is -2.03. The quantitative estimate of drug-likeness (QED) is 0.735. The zero-order valence-electron chi connectivity index (χ0n) is 7.32. The van der Waals surface area contributed by atoms with Crippen molar-refractivity contribution in [2.24, 2.45) is 5.73 Å². The van der Waals surface area contributed by atoms with Gasteiger partial charge in [0.15, 0.2) is 0 Å². The van der Waals surface area contributed by atoms with Gasteiger partial charge in [-0.1, -0.05) is 6.07 Å². The molecule has 0 aliphatic rings. The molecule has 2 aromatic rings. The second-order valence-electron chi connectivity index (χ2n) is 3.01. The van der Waals surface area contributed by atoms with E-state index in [-0.39, 0.29) is 18.4 Å². The minimum absolute atomic E-state index is 0. The summed E-state index contributed by atoms with van der Waals surface area (Å²) in [4.78, 5) is 0. The van der Waals surface area contributed by atoms with Gasteiger partial charge >= 0.3 is 0 Å². The predicted octanol–water partition coefficient (Wildman–Crippen LogP) is 2.00. The molecule has 1 heterocycles. The van der Waals surface area contributed by atoms with Crippen LogP contribution in [-0.4, -0.2) is 10.2 Å². The van der Waals surface area contributed by atoms with Crippen molar-refractivity contribution in [1.82, 2.24) is 10.2 Å². The third-order valence-electron chi connectivity index (χ3n) is 1.99. The fraction of sp³-hybridized carbons (Fsp3) is 0.222. The number of nitrogens with one attached hydrogen (secondary N) is 1. The number of hydrogen-bond acceptors (Lipinski definition) is 2. The van der Waals surface area contributed by atoms with Crippen molar-refractivity contribution in [2.45, 2.75) is 13.0 Å². The van der Waals surface area contributed by atoms with Crippen LogP contribution in [0.4, 0.5) is 0 Å². The molecule has 0 unspecified atom stereocenters. The van der Waals surface area contributed by atoms with Crippen LogP contribution in [0.1, 0.15) is 18.5 Å². The van der Waals surface area contributed by atoms with E-state index in [2.05, 4.69) is 16.3 Å². The van der Waals surface area contributed by atoms with Gasteiger partial charge in [-0.05, 0) is 24.6 Å². The Bertz CT molecular complexity index is 394. The lowest BCUT2D eigenvalue weighted by atomic mass is 10.1. The number of aromatic nitrogens is 2. The van der Waals surface area contributed by atoms with Gasteiger partial charge in [-0.25, -0.2) is 0 Å². The molecule has 2 rings (SSSR count). The van der Waals surface area contributed by atoms with E-state index < -0.39 is 0 Å². The molecule has 13 heavy (non-hydrogen) atoms. The first-order valence-electron chi connectivity index (χ1n) is 3.96. The van der Waals surface area contributed by atoms with Crippen LogP contribution in [0.3, 0.4) is 0 Å². The van der Waals surface area contributed by atoms with E-state index in [0.717, 1.165) is 16.5 Å². The number of hydrogen-bond donors (Lipinski definition) is 2. The molecule has 1 aromatic carbocycles. The van der Waals surface area contributed by atoms with Crippen LogP contribution >= 0.6 is 12.4 Å². The highest BCUT2D eigenvalue weighted by Gasteiger charge is 2.00. The topological polar surface area (TPSA) is 54.7 Å². The fourth-order valence-electron chi connectivity index (χ4n) is 1.24. The molecule has 0 fully saturated rings. The van der Waals surface area contributed by atoms with Crippen LogP contribution in [-0.2, 0) is 0 Å². The summed E-state index contributed by atoms with van der Waals surface area (Å²) in [5.74, 6) is 0. The van der Waals surface area contributed by atoms with Crippen LogP contribution < -0.4 is 5.73 Å². The maximum atomic E-state index is 5.74. The third-order valence-corrected chi connectivity index (χ3v) is 1.99. The van der Waals surface area contributed by atoms with Gasteiger partial charge in [0.1, 0.15) is 0 Å². The van der Waals surface area contributed by atoms with Crippen LogP contribution in [0.5, 0.6) is 0 Å². The van der Waals surface area contributed by atoms with Crippen molar-refractivity contribution < 1.29 is 0 Å². The molecule has 0 saturated carbocycles. The average molecular weight is 198 g/mol. The molecule has 1 atom stereocenters. The van der Waals surface area contributed by atoms with E-state index in [4.69, 9.17) is 5.73 Å². The SMILES string of the molecule is C[C@@H](N)c1ccc2[nH]ncc2c1.Cl.